The highest BCUT2D eigenvalue weighted by Crippen LogP contribution is 2.60. The summed E-state index contributed by atoms with van der Waals surface area (Å²) in [5.74, 6) is -2.32. The number of ether oxygens (including phenoxy) is 15. The molecule has 0 unspecified atom stereocenters. The maximum atomic E-state index is 14.1. The second-order valence-corrected chi connectivity index (χ2v) is 18.4. The molecule has 0 radical (unpaired) electrons. The van der Waals surface area contributed by atoms with Gasteiger partial charge < -0.3 is 86.4 Å². The Hall–Kier alpha value is -6.42. The molecular formula is C50H50O20. The van der Waals surface area contributed by atoms with Crippen LogP contribution in [0.1, 0.15) is 64.3 Å². The lowest BCUT2D eigenvalue weighted by Gasteiger charge is -2.47. The summed E-state index contributed by atoms with van der Waals surface area (Å²) < 4.78 is 89.8. The molecule has 0 spiro atoms. The number of rotatable bonds is 10. The van der Waals surface area contributed by atoms with Gasteiger partial charge in [-0.2, -0.15) is 0 Å². The first-order chi connectivity index (χ1) is 34.0. The number of phenolic OH excluding ortho intramolecular Hbond substituents is 1. The second kappa shape index (κ2) is 17.2. The van der Waals surface area contributed by atoms with Gasteiger partial charge in [0.1, 0.15) is 30.5 Å². The number of hydrogen-bond donors (Lipinski definition) is 3. The smallest absolute Gasteiger partial charge is 0.310 e. The minimum Gasteiger partial charge on any atom is -0.502 e. The highest BCUT2D eigenvalue weighted by molar-refractivity contribution is 5.80. The summed E-state index contributed by atoms with van der Waals surface area (Å²) in [6.07, 6.45) is -8.12. The molecule has 370 valence electrons. The average Bonchev–Trinajstić information content (AvgIpc) is 4.20. The van der Waals surface area contributed by atoms with Crippen LogP contribution in [0.2, 0.25) is 0 Å². The molecule has 6 heterocycles. The van der Waals surface area contributed by atoms with E-state index in [-0.39, 0.29) is 67.9 Å². The molecule has 3 N–H and O–H groups in total. The van der Waals surface area contributed by atoms with Gasteiger partial charge in [0.05, 0.1) is 66.2 Å². The number of aliphatic hydroxyl groups excluding tert-OH is 2. The van der Waals surface area contributed by atoms with E-state index in [1.807, 2.05) is 18.2 Å². The summed E-state index contributed by atoms with van der Waals surface area (Å²) in [6.45, 7) is 1.75. The standard InChI is InChI=1S/C50H50O20/c1-19-60-16-36-47(67-19)42(52)43(53)50(68-36)70-45-25-13-31-29(64-18-66-31)11-23(25)38(40-27(45)15-62-49(40)55)21-8-34(58-4)46(35(9-21)59-5)69-44-24-12-30-28(63-17-65-30)10-22(24)37(39-26(44)14-61-48(39)54)20-6-32(56-2)41(51)33(7-20)57-3/h6-13,19,26-27,36-40,42-45,47,50-53H,14-18H2,1-5H3/t19-,26+,27+,36-,37-,38-,39+,40+,42-,43-,44+,45-,47-,50+/m1/s1. The van der Waals surface area contributed by atoms with Gasteiger partial charge >= 0.3 is 11.9 Å². The van der Waals surface area contributed by atoms with Crippen LogP contribution in [0.25, 0.3) is 0 Å². The second-order valence-electron chi connectivity index (χ2n) is 18.4. The Morgan fingerprint density at radius 3 is 1.54 bits per heavy atom. The Balaban J connectivity index is 0.943. The van der Waals surface area contributed by atoms with Crippen molar-refractivity contribution in [1.82, 2.24) is 0 Å². The Morgan fingerprint density at radius 1 is 0.557 bits per heavy atom. The fraction of sp³-hybridized carbons (Fsp3) is 0.480. The van der Waals surface area contributed by atoms with Crippen molar-refractivity contribution in [3.63, 3.8) is 0 Å². The summed E-state index contributed by atoms with van der Waals surface area (Å²) in [5.41, 5.74) is 3.87. The Kier molecular flexibility index (Phi) is 11.0. The van der Waals surface area contributed by atoms with Crippen molar-refractivity contribution in [2.75, 3.05) is 61.8 Å². The van der Waals surface area contributed by atoms with E-state index >= 15 is 0 Å². The first-order valence-corrected chi connectivity index (χ1v) is 23.0. The molecule has 4 aromatic rings. The molecule has 0 saturated carbocycles. The zero-order valence-corrected chi connectivity index (χ0v) is 38.5. The number of esters is 2. The van der Waals surface area contributed by atoms with Crippen LogP contribution in [-0.2, 0) is 38.0 Å². The van der Waals surface area contributed by atoms with Crippen LogP contribution in [0, 0.1) is 23.7 Å². The van der Waals surface area contributed by atoms with E-state index in [2.05, 4.69) is 0 Å². The van der Waals surface area contributed by atoms with Crippen LogP contribution in [0.5, 0.6) is 57.5 Å². The predicted molar refractivity (Wildman–Crippen MR) is 234 cm³/mol. The summed E-state index contributed by atoms with van der Waals surface area (Å²) in [4.78, 5) is 28.1. The lowest BCUT2D eigenvalue weighted by Crippen LogP contribution is -2.63. The maximum absolute atomic E-state index is 14.1. The minimum absolute atomic E-state index is 0.00757. The van der Waals surface area contributed by atoms with E-state index in [0.29, 0.717) is 56.4 Å². The number of carbonyl (C=O) groups excluding carboxylic acids is 2. The number of phenols is 1. The molecule has 14 atom stereocenters. The molecule has 20 heteroatoms. The number of benzene rings is 4. The molecule has 2 aliphatic carbocycles. The number of hydrogen-bond acceptors (Lipinski definition) is 20. The van der Waals surface area contributed by atoms with Gasteiger partial charge in [0, 0.05) is 29.2 Å². The van der Waals surface area contributed by atoms with Crippen molar-refractivity contribution in [2.24, 2.45) is 23.7 Å². The van der Waals surface area contributed by atoms with Crippen molar-refractivity contribution < 1.29 is 96.0 Å². The minimum atomic E-state index is -1.51. The van der Waals surface area contributed by atoms with Crippen molar-refractivity contribution in [2.45, 2.75) is 68.0 Å². The number of cyclic esters (lactones) is 2. The van der Waals surface area contributed by atoms with E-state index in [4.69, 9.17) is 71.1 Å². The van der Waals surface area contributed by atoms with Crippen LogP contribution in [-0.4, -0.2) is 126 Å². The van der Waals surface area contributed by atoms with Crippen molar-refractivity contribution >= 4 is 11.9 Å². The Bertz CT molecular complexity index is 2710. The molecule has 8 aliphatic rings. The van der Waals surface area contributed by atoms with E-state index in [9.17, 15) is 24.9 Å². The van der Waals surface area contributed by atoms with Gasteiger partial charge in [-0.3, -0.25) is 9.59 Å². The lowest BCUT2D eigenvalue weighted by atomic mass is 9.66. The molecule has 4 saturated heterocycles. The van der Waals surface area contributed by atoms with E-state index < -0.39 is 96.6 Å². The molecule has 20 nitrogen and oxygen atoms in total. The fourth-order valence-electron chi connectivity index (χ4n) is 11.7. The fourth-order valence-corrected chi connectivity index (χ4v) is 11.7. The Morgan fingerprint density at radius 2 is 1.03 bits per heavy atom. The van der Waals surface area contributed by atoms with Gasteiger partial charge in [0.15, 0.2) is 58.6 Å². The van der Waals surface area contributed by atoms with Crippen LogP contribution < -0.4 is 42.6 Å². The Labute approximate surface area is 399 Å². The average molecular weight is 971 g/mol. The van der Waals surface area contributed by atoms with Gasteiger partial charge in [-0.25, -0.2) is 0 Å². The molecule has 0 aromatic heterocycles. The first kappa shape index (κ1) is 44.8. The summed E-state index contributed by atoms with van der Waals surface area (Å²) in [7, 11) is 5.85. The quantitative estimate of drug-likeness (QED) is 0.190. The molecule has 0 amide bonds. The van der Waals surface area contributed by atoms with Crippen LogP contribution >= 0.6 is 0 Å². The van der Waals surface area contributed by atoms with E-state index in [0.717, 1.165) is 0 Å². The number of carbonyl (C=O) groups is 2. The summed E-state index contributed by atoms with van der Waals surface area (Å²) in [6, 6.07) is 14.2. The summed E-state index contributed by atoms with van der Waals surface area (Å²) in [5, 5.41) is 33.5. The van der Waals surface area contributed by atoms with Gasteiger partial charge in [-0.15, -0.1) is 0 Å². The third-order valence-corrected chi connectivity index (χ3v) is 15.0. The third-order valence-electron chi connectivity index (χ3n) is 15.0. The molecular weight excluding hydrogens is 921 g/mol. The molecule has 4 aromatic carbocycles. The lowest BCUT2D eigenvalue weighted by molar-refractivity contribution is -0.364. The van der Waals surface area contributed by atoms with Gasteiger partial charge in [-0.1, -0.05) is 0 Å². The highest BCUT2D eigenvalue weighted by Gasteiger charge is 2.57. The van der Waals surface area contributed by atoms with Gasteiger partial charge in [-0.05, 0) is 83.3 Å². The topological polar surface area (TPSA) is 233 Å². The number of fused-ring (bicyclic) bond motifs is 7. The predicted octanol–water partition coefficient (Wildman–Crippen LogP) is 4.14. The van der Waals surface area contributed by atoms with Crippen molar-refractivity contribution in [1.29, 1.82) is 0 Å². The largest absolute Gasteiger partial charge is 0.502 e. The summed E-state index contributed by atoms with van der Waals surface area (Å²) >= 11 is 0. The van der Waals surface area contributed by atoms with Crippen LogP contribution in [0.15, 0.2) is 48.5 Å². The third kappa shape index (κ3) is 6.93. The maximum Gasteiger partial charge on any atom is 0.310 e. The van der Waals surface area contributed by atoms with Gasteiger partial charge in [0.25, 0.3) is 0 Å². The molecule has 0 bridgehead atoms. The number of aliphatic hydroxyl groups is 2. The molecule has 6 aliphatic heterocycles. The normalized spacial score (nSPS) is 32.9. The highest BCUT2D eigenvalue weighted by atomic mass is 16.8. The van der Waals surface area contributed by atoms with Gasteiger partial charge in [0.2, 0.25) is 25.1 Å². The molecule has 4 fully saturated rings. The zero-order valence-electron chi connectivity index (χ0n) is 38.5. The van der Waals surface area contributed by atoms with Crippen LogP contribution in [0.4, 0.5) is 0 Å². The van der Waals surface area contributed by atoms with Crippen molar-refractivity contribution in [3.05, 3.63) is 81.9 Å². The van der Waals surface area contributed by atoms with Crippen LogP contribution in [0.3, 0.4) is 0 Å². The monoisotopic (exact) mass is 970 g/mol. The first-order valence-electron chi connectivity index (χ1n) is 23.0. The van der Waals surface area contributed by atoms with E-state index in [1.165, 1.54) is 28.4 Å². The van der Waals surface area contributed by atoms with Crippen molar-refractivity contribution in [3.8, 4) is 57.5 Å². The zero-order chi connectivity index (χ0) is 48.3. The molecule has 12 rings (SSSR count). The SMILES string of the molecule is COc1cc([C@@H]2c3cc4c(cc3[C@H](Oc3c(OC)cc([C@@H]5c6cc7c(cc6[C@@H](O[C@@H]6O[C@@H]8CO[C@@H](C)O[C@H]8[C@H](O)[C@H]6O)[C@H]6COC(=O)[C@H]56)OCO7)cc3OC)[C@H]3COC(=O)[C@H]23)OCO4)cc(OC)c1O. The number of aromatic hydroxyl groups is 1. The number of methoxy groups -OCH3 is 4. The van der Waals surface area contributed by atoms with E-state index in [1.54, 1.807) is 37.3 Å². The molecule has 70 heavy (non-hydrogen) atoms.